The van der Waals surface area contributed by atoms with Crippen LogP contribution in [0.2, 0.25) is 0 Å². The Bertz CT molecular complexity index is 974. The van der Waals surface area contributed by atoms with Crippen molar-refractivity contribution < 1.29 is 24.2 Å². The Balaban J connectivity index is 1.63. The van der Waals surface area contributed by atoms with Gasteiger partial charge in [-0.3, -0.25) is 9.59 Å². The van der Waals surface area contributed by atoms with E-state index in [-0.39, 0.29) is 24.9 Å². The number of carbonyl (C=O) groups excluding carboxylic acids is 2. The predicted molar refractivity (Wildman–Crippen MR) is 131 cm³/mol. The lowest BCUT2D eigenvalue weighted by Crippen LogP contribution is -2.48. The predicted octanol–water partition coefficient (Wildman–Crippen LogP) is 4.65. The second-order valence-electron chi connectivity index (χ2n) is 9.25. The Morgan fingerprint density at radius 3 is 2.15 bits per heavy atom. The monoisotopic (exact) mass is 466 g/mol. The number of carbonyl (C=O) groups is 3. The molecule has 0 aliphatic heterocycles. The Morgan fingerprint density at radius 1 is 1.00 bits per heavy atom. The van der Waals surface area contributed by atoms with Crippen LogP contribution in [0.1, 0.15) is 56.6 Å². The first kappa shape index (κ1) is 25.3. The molecule has 1 aliphatic carbocycles. The van der Waals surface area contributed by atoms with Crippen LogP contribution < -0.4 is 5.32 Å². The van der Waals surface area contributed by atoms with Crippen molar-refractivity contribution in [1.29, 1.82) is 0 Å². The van der Waals surface area contributed by atoms with E-state index in [1.165, 1.54) is 4.90 Å². The van der Waals surface area contributed by atoms with E-state index >= 15 is 0 Å². The average Bonchev–Trinajstić information content (AvgIpc) is 3.13. The second-order valence-corrected chi connectivity index (χ2v) is 9.25. The molecule has 7 heteroatoms. The molecule has 1 unspecified atom stereocenters. The third-order valence-corrected chi connectivity index (χ3v) is 6.23. The van der Waals surface area contributed by atoms with E-state index in [2.05, 4.69) is 43.4 Å². The number of benzene rings is 2. The zero-order valence-corrected chi connectivity index (χ0v) is 20.1. The van der Waals surface area contributed by atoms with Crippen molar-refractivity contribution in [3.63, 3.8) is 0 Å². The number of hydrogen-bond acceptors (Lipinski definition) is 4. The minimum Gasteiger partial charge on any atom is -0.481 e. The van der Waals surface area contributed by atoms with E-state index in [0.29, 0.717) is 25.3 Å². The van der Waals surface area contributed by atoms with Crippen LogP contribution in [0, 0.1) is 5.92 Å². The summed E-state index contributed by atoms with van der Waals surface area (Å²) in [5.74, 6) is -0.813. The smallest absolute Gasteiger partial charge is 0.407 e. The van der Waals surface area contributed by atoms with Crippen LogP contribution in [-0.4, -0.2) is 54.2 Å². The molecule has 2 aromatic rings. The molecule has 0 fully saturated rings. The van der Waals surface area contributed by atoms with Crippen molar-refractivity contribution in [2.24, 2.45) is 5.92 Å². The van der Waals surface area contributed by atoms with Gasteiger partial charge in [0, 0.05) is 25.9 Å². The number of carboxylic acids is 1. The highest BCUT2D eigenvalue weighted by Crippen LogP contribution is 2.44. The van der Waals surface area contributed by atoms with Gasteiger partial charge in [0.1, 0.15) is 12.6 Å². The quantitative estimate of drug-likeness (QED) is 0.502. The van der Waals surface area contributed by atoms with Gasteiger partial charge in [0.15, 0.2) is 0 Å². The minimum absolute atomic E-state index is 0.00587. The molecule has 2 N–H and O–H groups in total. The number of carboxylic acid groups (broad SMARTS) is 1. The lowest BCUT2D eigenvalue weighted by atomic mass is 9.98. The van der Waals surface area contributed by atoms with Gasteiger partial charge in [-0.25, -0.2) is 4.79 Å². The third kappa shape index (κ3) is 6.37. The van der Waals surface area contributed by atoms with Gasteiger partial charge < -0.3 is 20.1 Å². The van der Waals surface area contributed by atoms with Gasteiger partial charge in [0.25, 0.3) is 0 Å². The van der Waals surface area contributed by atoms with Gasteiger partial charge in [-0.05, 0) is 47.4 Å². The number of likely N-dealkylation sites (N-methyl/N-ethyl adjacent to an activating group) is 1. The number of rotatable bonds is 11. The van der Waals surface area contributed by atoms with E-state index in [1.807, 2.05) is 24.3 Å². The van der Waals surface area contributed by atoms with Crippen molar-refractivity contribution in [3.8, 4) is 11.1 Å². The summed E-state index contributed by atoms with van der Waals surface area (Å²) >= 11 is 0. The first-order chi connectivity index (χ1) is 16.3. The van der Waals surface area contributed by atoms with Gasteiger partial charge in [-0.1, -0.05) is 62.4 Å². The number of fused-ring (bicyclic) bond motifs is 3. The van der Waals surface area contributed by atoms with Crippen LogP contribution in [0.5, 0.6) is 0 Å². The van der Waals surface area contributed by atoms with Gasteiger partial charge in [-0.2, -0.15) is 0 Å². The highest BCUT2D eigenvalue weighted by Gasteiger charge is 2.30. The first-order valence-electron chi connectivity index (χ1n) is 11.9. The number of aliphatic carboxylic acids is 1. The molecule has 2 amide bonds. The van der Waals surface area contributed by atoms with Crippen LogP contribution >= 0.6 is 0 Å². The highest BCUT2D eigenvalue weighted by molar-refractivity contribution is 5.85. The maximum absolute atomic E-state index is 13.0. The molecular formula is C27H34N2O5. The van der Waals surface area contributed by atoms with Crippen LogP contribution in [0.4, 0.5) is 4.79 Å². The van der Waals surface area contributed by atoms with Crippen molar-refractivity contribution >= 4 is 18.0 Å². The van der Waals surface area contributed by atoms with E-state index in [1.54, 1.807) is 7.05 Å². The molecule has 0 heterocycles. The minimum atomic E-state index is -0.894. The van der Waals surface area contributed by atoms with E-state index < -0.39 is 18.1 Å². The van der Waals surface area contributed by atoms with Gasteiger partial charge >= 0.3 is 12.1 Å². The highest BCUT2D eigenvalue weighted by atomic mass is 16.5. The number of nitrogens with one attached hydrogen (secondary N) is 1. The topological polar surface area (TPSA) is 95.9 Å². The normalized spacial score (nSPS) is 13.2. The molecule has 1 atom stereocenters. The lowest BCUT2D eigenvalue weighted by molar-refractivity contribution is -0.138. The summed E-state index contributed by atoms with van der Waals surface area (Å²) in [6, 6.07) is 15.5. The Hall–Kier alpha value is -3.35. The molecular weight excluding hydrogens is 432 g/mol. The standard InChI is InChI=1S/C27H34N2O5/c1-18(2)14-15-24(26(32)29(3)16-8-13-25(30)31)28-27(33)34-17-23-21-11-6-4-9-19(21)20-10-5-7-12-22(20)23/h4-7,9-12,18,23-24H,8,13-17H2,1-3H3,(H,28,33)(H,30,31). The zero-order chi connectivity index (χ0) is 24.7. The molecule has 2 aromatic carbocycles. The summed E-state index contributed by atoms with van der Waals surface area (Å²) in [7, 11) is 1.63. The number of nitrogens with zero attached hydrogens (tertiary/aromatic N) is 1. The fourth-order valence-electron chi connectivity index (χ4n) is 4.38. The summed E-state index contributed by atoms with van der Waals surface area (Å²) in [5, 5.41) is 11.6. The second kappa shape index (κ2) is 11.7. The summed E-state index contributed by atoms with van der Waals surface area (Å²) < 4.78 is 5.62. The van der Waals surface area contributed by atoms with Crippen molar-refractivity contribution in [1.82, 2.24) is 10.2 Å². The molecule has 7 nitrogen and oxygen atoms in total. The molecule has 3 rings (SSSR count). The van der Waals surface area contributed by atoms with Crippen LogP contribution in [-0.2, 0) is 14.3 Å². The number of hydrogen-bond donors (Lipinski definition) is 2. The summed E-state index contributed by atoms with van der Waals surface area (Å²) in [5.41, 5.74) is 4.56. The van der Waals surface area contributed by atoms with Crippen molar-refractivity contribution in [2.75, 3.05) is 20.2 Å². The molecule has 0 radical (unpaired) electrons. The van der Waals surface area contributed by atoms with Crippen LogP contribution in [0.3, 0.4) is 0 Å². The van der Waals surface area contributed by atoms with Gasteiger partial charge in [-0.15, -0.1) is 0 Å². The molecule has 1 aliphatic rings. The summed E-state index contributed by atoms with van der Waals surface area (Å²) in [6.45, 7) is 4.62. The number of amides is 2. The Morgan fingerprint density at radius 2 is 1.59 bits per heavy atom. The maximum atomic E-state index is 13.0. The Labute approximate surface area is 201 Å². The van der Waals surface area contributed by atoms with Crippen molar-refractivity contribution in [2.45, 2.75) is 51.5 Å². The summed E-state index contributed by atoms with van der Waals surface area (Å²) in [4.78, 5) is 37.9. The fraction of sp³-hybridized carbons (Fsp3) is 0.444. The Kier molecular flexibility index (Phi) is 8.68. The lowest BCUT2D eigenvalue weighted by Gasteiger charge is -2.25. The SMILES string of the molecule is CC(C)CCC(NC(=O)OCC1c2ccccc2-c2ccccc21)C(=O)N(C)CCCC(=O)O. The fourth-order valence-corrected chi connectivity index (χ4v) is 4.38. The molecule has 182 valence electrons. The van der Waals surface area contributed by atoms with Gasteiger partial charge in [0.2, 0.25) is 5.91 Å². The summed E-state index contributed by atoms with van der Waals surface area (Å²) in [6.07, 6.45) is 0.989. The molecule has 0 spiro atoms. The molecule has 0 saturated heterocycles. The van der Waals surface area contributed by atoms with E-state index in [9.17, 15) is 14.4 Å². The number of ether oxygens (including phenoxy) is 1. The molecule has 0 aromatic heterocycles. The molecule has 0 bridgehead atoms. The third-order valence-electron chi connectivity index (χ3n) is 6.23. The largest absolute Gasteiger partial charge is 0.481 e. The first-order valence-corrected chi connectivity index (χ1v) is 11.9. The van der Waals surface area contributed by atoms with Crippen LogP contribution in [0.15, 0.2) is 48.5 Å². The maximum Gasteiger partial charge on any atom is 0.407 e. The van der Waals surface area contributed by atoms with Crippen molar-refractivity contribution in [3.05, 3.63) is 59.7 Å². The number of alkyl carbamates (subject to hydrolysis) is 1. The average molecular weight is 467 g/mol. The molecule has 0 saturated carbocycles. The molecule has 34 heavy (non-hydrogen) atoms. The van der Waals surface area contributed by atoms with Gasteiger partial charge in [0.05, 0.1) is 0 Å². The van der Waals surface area contributed by atoms with Crippen LogP contribution in [0.25, 0.3) is 11.1 Å². The van der Waals surface area contributed by atoms with E-state index in [4.69, 9.17) is 9.84 Å². The zero-order valence-electron chi connectivity index (χ0n) is 20.1. The van der Waals surface area contributed by atoms with E-state index in [0.717, 1.165) is 28.7 Å².